The van der Waals surface area contributed by atoms with Crippen LogP contribution in [0.25, 0.3) is 10.9 Å². The van der Waals surface area contributed by atoms with Crippen LogP contribution in [0.3, 0.4) is 0 Å². The molecule has 0 aliphatic carbocycles. The Bertz CT molecular complexity index is 1160. The summed E-state index contributed by atoms with van der Waals surface area (Å²) in [6.07, 6.45) is 1.39. The number of halogens is 1. The van der Waals surface area contributed by atoms with Crippen molar-refractivity contribution in [3.63, 3.8) is 0 Å². The minimum atomic E-state index is -0.629. The molecule has 4 rings (SSSR count). The van der Waals surface area contributed by atoms with Crippen molar-refractivity contribution in [1.29, 1.82) is 0 Å². The molecule has 27 heavy (non-hydrogen) atoms. The number of non-ortho nitro benzene ring substituents is 1. The van der Waals surface area contributed by atoms with Crippen molar-refractivity contribution in [3.05, 3.63) is 79.9 Å². The number of aryl methyl sites for hydroxylation is 1. The van der Waals surface area contributed by atoms with Crippen molar-refractivity contribution in [2.75, 3.05) is 11.4 Å². The molecule has 0 bridgehead atoms. The molecule has 1 aliphatic rings. The Morgan fingerprint density at radius 2 is 2.00 bits per heavy atom. The second-order valence-electron chi connectivity index (χ2n) is 6.37. The number of nitrogens with zero attached hydrogens (tertiary/aromatic N) is 2. The average molecular weight is 367 g/mol. The van der Waals surface area contributed by atoms with Gasteiger partial charge in [0.25, 0.3) is 17.2 Å². The van der Waals surface area contributed by atoms with Gasteiger partial charge in [0.1, 0.15) is 11.4 Å². The second kappa shape index (κ2) is 6.31. The summed E-state index contributed by atoms with van der Waals surface area (Å²) in [6, 6.07) is 9.73. The first kappa shape index (κ1) is 16.9. The second-order valence-corrected chi connectivity index (χ2v) is 6.37. The van der Waals surface area contributed by atoms with Crippen LogP contribution in [0.1, 0.15) is 22.3 Å². The van der Waals surface area contributed by atoms with Gasteiger partial charge in [-0.2, -0.15) is 0 Å². The van der Waals surface area contributed by atoms with Crippen molar-refractivity contribution in [2.24, 2.45) is 0 Å². The highest BCUT2D eigenvalue weighted by Crippen LogP contribution is 2.31. The number of rotatable bonds is 2. The van der Waals surface area contributed by atoms with Gasteiger partial charge in [0.05, 0.1) is 16.1 Å². The number of nitro benzene ring substituents is 1. The molecule has 0 saturated carbocycles. The van der Waals surface area contributed by atoms with Crippen LogP contribution >= 0.6 is 0 Å². The normalized spacial score (nSPS) is 13.4. The first-order chi connectivity index (χ1) is 12.9. The number of nitrogens with one attached hydrogen (secondary N) is 1. The number of H-pyrrole nitrogens is 1. The number of anilines is 1. The quantitative estimate of drug-likeness (QED) is 0.556. The predicted octanol–water partition coefficient (Wildman–Crippen LogP) is 3.17. The van der Waals surface area contributed by atoms with Crippen LogP contribution in [0.15, 0.2) is 47.3 Å². The molecule has 0 atom stereocenters. The molecule has 0 spiro atoms. The Balaban J connectivity index is 1.80. The van der Waals surface area contributed by atoms with E-state index >= 15 is 0 Å². The number of benzene rings is 2. The minimum Gasteiger partial charge on any atom is -0.321 e. The minimum absolute atomic E-state index is 0.0894. The van der Waals surface area contributed by atoms with Gasteiger partial charge in [-0.05, 0) is 48.1 Å². The SMILES string of the molecule is O=C(c1cc2ccc(F)cc2[nH]c1=O)N1CCCc2ccc([N+](=O)[O-])cc21. The van der Waals surface area contributed by atoms with Gasteiger partial charge in [-0.25, -0.2) is 4.39 Å². The molecule has 2 aromatic carbocycles. The molecule has 7 nitrogen and oxygen atoms in total. The van der Waals surface area contributed by atoms with Gasteiger partial charge >= 0.3 is 0 Å². The van der Waals surface area contributed by atoms with Crippen LogP contribution < -0.4 is 10.5 Å². The fourth-order valence-corrected chi connectivity index (χ4v) is 3.37. The zero-order chi connectivity index (χ0) is 19.1. The molecule has 136 valence electrons. The molecule has 0 fully saturated rings. The fraction of sp³-hybridized carbons (Fsp3) is 0.158. The van der Waals surface area contributed by atoms with Crippen molar-refractivity contribution in [1.82, 2.24) is 4.98 Å². The Morgan fingerprint density at radius 3 is 2.78 bits per heavy atom. The van der Waals surface area contributed by atoms with E-state index < -0.39 is 22.2 Å². The summed E-state index contributed by atoms with van der Waals surface area (Å²) < 4.78 is 13.3. The third-order valence-electron chi connectivity index (χ3n) is 4.68. The van der Waals surface area contributed by atoms with Crippen molar-refractivity contribution in [3.8, 4) is 0 Å². The zero-order valence-electron chi connectivity index (χ0n) is 14.1. The van der Waals surface area contributed by atoms with Crippen LogP contribution in [0, 0.1) is 15.9 Å². The van der Waals surface area contributed by atoms with Crippen molar-refractivity contribution >= 4 is 28.2 Å². The van der Waals surface area contributed by atoms with E-state index in [4.69, 9.17) is 0 Å². The molecule has 8 heteroatoms. The van der Waals surface area contributed by atoms with Crippen LogP contribution in [0.4, 0.5) is 15.8 Å². The van der Waals surface area contributed by atoms with Gasteiger partial charge in [-0.3, -0.25) is 19.7 Å². The van der Waals surface area contributed by atoms with E-state index in [1.54, 1.807) is 6.07 Å². The van der Waals surface area contributed by atoms with E-state index in [2.05, 4.69) is 4.98 Å². The first-order valence-corrected chi connectivity index (χ1v) is 8.36. The van der Waals surface area contributed by atoms with Crippen LogP contribution in [-0.4, -0.2) is 22.4 Å². The number of hydrogen-bond acceptors (Lipinski definition) is 4. The summed E-state index contributed by atoms with van der Waals surface area (Å²) in [7, 11) is 0. The molecular formula is C19H14FN3O4. The van der Waals surface area contributed by atoms with Crippen LogP contribution in [0.2, 0.25) is 0 Å². The maximum absolute atomic E-state index is 13.3. The van der Waals surface area contributed by atoms with E-state index in [1.807, 2.05) is 0 Å². The largest absolute Gasteiger partial charge is 0.321 e. The van der Waals surface area contributed by atoms with Gasteiger partial charge in [-0.1, -0.05) is 6.07 Å². The monoisotopic (exact) mass is 367 g/mol. The summed E-state index contributed by atoms with van der Waals surface area (Å²) in [5.41, 5.74) is 0.727. The molecular weight excluding hydrogens is 353 g/mol. The highest BCUT2D eigenvalue weighted by molar-refractivity contribution is 6.08. The van der Waals surface area contributed by atoms with E-state index in [0.717, 1.165) is 5.56 Å². The number of aromatic amines is 1. The lowest BCUT2D eigenvalue weighted by molar-refractivity contribution is -0.384. The summed E-state index contributed by atoms with van der Waals surface area (Å²) in [5, 5.41) is 11.6. The van der Waals surface area contributed by atoms with Gasteiger partial charge in [-0.15, -0.1) is 0 Å². The number of carbonyl (C=O) groups is 1. The summed E-state index contributed by atoms with van der Waals surface area (Å²) in [6.45, 7) is 0.355. The van der Waals surface area contributed by atoms with E-state index in [9.17, 15) is 24.1 Å². The van der Waals surface area contributed by atoms with Gasteiger partial charge in [0.2, 0.25) is 0 Å². The molecule has 1 aliphatic heterocycles. The molecule has 0 radical (unpaired) electrons. The summed E-state index contributed by atoms with van der Waals surface area (Å²) in [5.74, 6) is -1.03. The molecule has 1 aromatic heterocycles. The first-order valence-electron chi connectivity index (χ1n) is 8.36. The Labute approximate surface area is 152 Å². The highest BCUT2D eigenvalue weighted by Gasteiger charge is 2.27. The topological polar surface area (TPSA) is 96.3 Å². The third kappa shape index (κ3) is 2.95. The van der Waals surface area contributed by atoms with Crippen LogP contribution in [0.5, 0.6) is 0 Å². The predicted molar refractivity (Wildman–Crippen MR) is 97.6 cm³/mol. The number of carbonyl (C=O) groups excluding carboxylic acids is 1. The van der Waals surface area contributed by atoms with Gasteiger partial charge in [0.15, 0.2) is 0 Å². The number of aromatic nitrogens is 1. The lowest BCUT2D eigenvalue weighted by Crippen LogP contribution is -2.38. The van der Waals surface area contributed by atoms with Crippen LogP contribution in [-0.2, 0) is 6.42 Å². The Hall–Kier alpha value is -3.55. The van der Waals surface area contributed by atoms with E-state index in [0.29, 0.717) is 36.0 Å². The number of nitro groups is 1. The number of fused-ring (bicyclic) bond motifs is 2. The Morgan fingerprint density at radius 1 is 1.19 bits per heavy atom. The molecule has 1 N–H and O–H groups in total. The highest BCUT2D eigenvalue weighted by atomic mass is 19.1. The number of hydrogen-bond donors (Lipinski definition) is 1. The maximum atomic E-state index is 13.3. The smallest absolute Gasteiger partial charge is 0.271 e. The molecule has 1 amide bonds. The van der Waals surface area contributed by atoms with Crippen molar-refractivity contribution in [2.45, 2.75) is 12.8 Å². The standard InChI is InChI=1S/C19H14FN3O4/c20-13-5-3-12-8-15(18(24)21-16(12)9-13)19(25)22-7-1-2-11-4-6-14(23(26)27)10-17(11)22/h3-6,8-10H,1-2,7H2,(H,21,24). The zero-order valence-corrected chi connectivity index (χ0v) is 14.1. The summed E-state index contributed by atoms with van der Waals surface area (Å²) >= 11 is 0. The number of amides is 1. The molecule has 0 saturated heterocycles. The lowest BCUT2D eigenvalue weighted by atomic mass is 10.00. The lowest BCUT2D eigenvalue weighted by Gasteiger charge is -2.29. The fourth-order valence-electron chi connectivity index (χ4n) is 3.37. The molecule has 3 aromatic rings. The average Bonchev–Trinajstić information content (AvgIpc) is 2.65. The van der Waals surface area contributed by atoms with Crippen molar-refractivity contribution < 1.29 is 14.1 Å². The molecule has 0 unspecified atom stereocenters. The Kier molecular flexibility index (Phi) is 3.95. The van der Waals surface area contributed by atoms with Gasteiger partial charge in [0, 0.05) is 18.7 Å². The summed E-state index contributed by atoms with van der Waals surface area (Å²) in [4.78, 5) is 39.9. The number of pyridine rings is 1. The van der Waals surface area contributed by atoms with E-state index in [-0.39, 0.29) is 11.3 Å². The van der Waals surface area contributed by atoms with Gasteiger partial charge < -0.3 is 9.88 Å². The van der Waals surface area contributed by atoms with E-state index in [1.165, 1.54) is 41.3 Å². The maximum Gasteiger partial charge on any atom is 0.271 e. The third-order valence-corrected chi connectivity index (χ3v) is 4.68. The molecule has 2 heterocycles.